The average molecular weight is 287 g/mol. The van der Waals surface area contributed by atoms with E-state index in [1.165, 1.54) is 19.2 Å². The molecule has 1 N–H and O–H groups in total. The Morgan fingerprint density at radius 3 is 2.40 bits per heavy atom. The molecule has 0 aliphatic heterocycles. The molecule has 0 bridgehead atoms. The highest BCUT2D eigenvalue weighted by Gasteiger charge is 2.21. The first-order valence-corrected chi connectivity index (χ1v) is 6.24. The monoisotopic (exact) mass is 287 g/mol. The maximum Gasteiger partial charge on any atom is 0.340 e. The van der Waals surface area contributed by atoms with Gasteiger partial charge >= 0.3 is 5.97 Å². The molecule has 0 amide bonds. The minimum absolute atomic E-state index is 0.00842. The van der Waals surface area contributed by atoms with Crippen LogP contribution in [0.2, 0.25) is 0 Å². The zero-order chi connectivity index (χ0) is 15.3. The standard InChI is InChI=1S/C14H19F2NO3/c1-8(2)11(7-19-3)17-10-6-5-9(14(18)20-4)12(15)13(10)16/h5-6,8,11,17H,7H2,1-4H3. The van der Waals surface area contributed by atoms with E-state index in [0.29, 0.717) is 6.61 Å². The van der Waals surface area contributed by atoms with Crippen molar-refractivity contribution in [2.75, 3.05) is 26.1 Å². The summed E-state index contributed by atoms with van der Waals surface area (Å²) < 4.78 is 37.1. The van der Waals surface area contributed by atoms with E-state index in [1.807, 2.05) is 13.8 Å². The third-order valence-corrected chi connectivity index (χ3v) is 2.98. The van der Waals surface area contributed by atoms with Gasteiger partial charge in [0.1, 0.15) is 0 Å². The molecular formula is C14H19F2NO3. The Morgan fingerprint density at radius 2 is 1.90 bits per heavy atom. The summed E-state index contributed by atoms with van der Waals surface area (Å²) in [5, 5.41) is 2.88. The van der Waals surface area contributed by atoms with Gasteiger partial charge in [-0.25, -0.2) is 13.6 Å². The Balaban J connectivity index is 3.03. The van der Waals surface area contributed by atoms with Crippen LogP contribution in [0.15, 0.2) is 12.1 Å². The van der Waals surface area contributed by atoms with Crippen molar-refractivity contribution in [2.24, 2.45) is 5.92 Å². The molecule has 0 fully saturated rings. The van der Waals surface area contributed by atoms with Crippen molar-refractivity contribution in [3.8, 4) is 0 Å². The highest BCUT2D eigenvalue weighted by Crippen LogP contribution is 2.23. The number of carbonyl (C=O) groups is 1. The molecule has 1 aromatic carbocycles. The van der Waals surface area contributed by atoms with Crippen LogP contribution in [-0.2, 0) is 9.47 Å². The molecule has 0 spiro atoms. The second-order valence-corrected chi connectivity index (χ2v) is 4.73. The molecule has 0 aliphatic rings. The molecule has 0 aromatic heterocycles. The number of nitrogens with one attached hydrogen (secondary N) is 1. The van der Waals surface area contributed by atoms with E-state index in [1.54, 1.807) is 0 Å². The molecule has 20 heavy (non-hydrogen) atoms. The van der Waals surface area contributed by atoms with Gasteiger partial charge in [-0.1, -0.05) is 13.8 Å². The number of hydrogen-bond acceptors (Lipinski definition) is 4. The SMILES string of the molecule is COCC(Nc1ccc(C(=O)OC)c(F)c1F)C(C)C. The van der Waals surface area contributed by atoms with E-state index in [9.17, 15) is 13.6 Å². The van der Waals surface area contributed by atoms with E-state index in [-0.39, 0.29) is 17.6 Å². The summed E-state index contributed by atoms with van der Waals surface area (Å²) in [6.07, 6.45) is 0. The lowest BCUT2D eigenvalue weighted by molar-refractivity contribution is 0.0594. The quantitative estimate of drug-likeness (QED) is 0.817. The summed E-state index contributed by atoms with van der Waals surface area (Å²) in [7, 11) is 2.65. The fourth-order valence-corrected chi connectivity index (χ4v) is 1.71. The first-order chi connectivity index (χ1) is 9.42. The van der Waals surface area contributed by atoms with Crippen molar-refractivity contribution in [3.05, 3.63) is 29.3 Å². The van der Waals surface area contributed by atoms with E-state index >= 15 is 0 Å². The Labute approximate surface area is 117 Å². The van der Waals surface area contributed by atoms with E-state index in [4.69, 9.17) is 4.74 Å². The molecule has 0 saturated carbocycles. The normalized spacial score (nSPS) is 12.3. The Bertz CT molecular complexity index is 478. The van der Waals surface area contributed by atoms with Crippen molar-refractivity contribution >= 4 is 11.7 Å². The Morgan fingerprint density at radius 1 is 1.25 bits per heavy atom. The number of methoxy groups -OCH3 is 2. The molecule has 0 saturated heterocycles. The molecule has 1 rings (SSSR count). The fraction of sp³-hybridized carbons (Fsp3) is 0.500. The maximum absolute atomic E-state index is 13.9. The number of hydrogen-bond donors (Lipinski definition) is 1. The van der Waals surface area contributed by atoms with Gasteiger partial charge in [0.25, 0.3) is 0 Å². The van der Waals surface area contributed by atoms with Crippen LogP contribution in [-0.4, -0.2) is 32.8 Å². The molecular weight excluding hydrogens is 268 g/mol. The molecule has 112 valence electrons. The largest absolute Gasteiger partial charge is 0.465 e. The Hall–Kier alpha value is -1.69. The van der Waals surface area contributed by atoms with Crippen LogP contribution in [0.3, 0.4) is 0 Å². The summed E-state index contributed by atoms with van der Waals surface area (Å²) >= 11 is 0. The van der Waals surface area contributed by atoms with Crippen LogP contribution in [0.25, 0.3) is 0 Å². The second kappa shape index (κ2) is 7.19. The Kier molecular flexibility index (Phi) is 5.88. The van der Waals surface area contributed by atoms with Gasteiger partial charge in [0.2, 0.25) is 0 Å². The second-order valence-electron chi connectivity index (χ2n) is 4.73. The summed E-state index contributed by atoms with van der Waals surface area (Å²) in [6, 6.07) is 2.34. The number of ether oxygens (including phenoxy) is 2. The minimum atomic E-state index is -1.22. The molecule has 1 aromatic rings. The van der Waals surface area contributed by atoms with Crippen molar-refractivity contribution in [1.29, 1.82) is 0 Å². The third kappa shape index (κ3) is 3.66. The average Bonchev–Trinajstić information content (AvgIpc) is 2.42. The van der Waals surface area contributed by atoms with Crippen LogP contribution in [0.5, 0.6) is 0 Å². The molecule has 0 aliphatic carbocycles. The fourth-order valence-electron chi connectivity index (χ4n) is 1.71. The summed E-state index contributed by atoms with van der Waals surface area (Å²) in [6.45, 7) is 4.24. The molecule has 0 radical (unpaired) electrons. The minimum Gasteiger partial charge on any atom is -0.465 e. The number of rotatable bonds is 6. The number of anilines is 1. The predicted octanol–water partition coefficient (Wildman–Crippen LogP) is 2.83. The van der Waals surface area contributed by atoms with Crippen LogP contribution in [0.1, 0.15) is 24.2 Å². The molecule has 6 heteroatoms. The predicted molar refractivity (Wildman–Crippen MR) is 71.8 cm³/mol. The molecule has 1 atom stereocenters. The van der Waals surface area contributed by atoms with Crippen molar-refractivity contribution in [2.45, 2.75) is 19.9 Å². The van der Waals surface area contributed by atoms with Gasteiger partial charge in [0.15, 0.2) is 11.6 Å². The smallest absolute Gasteiger partial charge is 0.340 e. The van der Waals surface area contributed by atoms with E-state index in [2.05, 4.69) is 10.1 Å². The number of esters is 1. The molecule has 4 nitrogen and oxygen atoms in total. The van der Waals surface area contributed by atoms with Gasteiger partial charge in [0, 0.05) is 7.11 Å². The van der Waals surface area contributed by atoms with Crippen LogP contribution in [0, 0.1) is 17.6 Å². The lowest BCUT2D eigenvalue weighted by Crippen LogP contribution is -2.31. The highest BCUT2D eigenvalue weighted by atomic mass is 19.2. The van der Waals surface area contributed by atoms with Gasteiger partial charge in [-0.15, -0.1) is 0 Å². The number of benzene rings is 1. The van der Waals surface area contributed by atoms with Gasteiger partial charge in [-0.2, -0.15) is 0 Å². The van der Waals surface area contributed by atoms with Gasteiger partial charge in [-0.3, -0.25) is 0 Å². The van der Waals surface area contributed by atoms with Crippen LogP contribution in [0.4, 0.5) is 14.5 Å². The zero-order valence-corrected chi connectivity index (χ0v) is 12.0. The number of halogens is 2. The van der Waals surface area contributed by atoms with E-state index < -0.39 is 23.2 Å². The van der Waals surface area contributed by atoms with Crippen molar-refractivity contribution in [1.82, 2.24) is 0 Å². The molecule has 1 unspecified atom stereocenters. The van der Waals surface area contributed by atoms with Crippen LogP contribution >= 0.6 is 0 Å². The van der Waals surface area contributed by atoms with Gasteiger partial charge < -0.3 is 14.8 Å². The van der Waals surface area contributed by atoms with Gasteiger partial charge in [-0.05, 0) is 18.1 Å². The maximum atomic E-state index is 13.9. The lowest BCUT2D eigenvalue weighted by Gasteiger charge is -2.23. The summed E-state index contributed by atoms with van der Waals surface area (Å²) in [5.74, 6) is -3.07. The highest BCUT2D eigenvalue weighted by molar-refractivity contribution is 5.90. The lowest BCUT2D eigenvalue weighted by atomic mass is 10.0. The van der Waals surface area contributed by atoms with Crippen molar-refractivity contribution in [3.63, 3.8) is 0 Å². The first-order valence-electron chi connectivity index (χ1n) is 6.24. The zero-order valence-electron chi connectivity index (χ0n) is 12.0. The van der Waals surface area contributed by atoms with E-state index in [0.717, 1.165) is 7.11 Å². The van der Waals surface area contributed by atoms with Crippen molar-refractivity contribution < 1.29 is 23.0 Å². The first kappa shape index (κ1) is 16.4. The topological polar surface area (TPSA) is 47.6 Å². The van der Waals surface area contributed by atoms with Gasteiger partial charge in [0.05, 0.1) is 31.0 Å². The van der Waals surface area contributed by atoms with Crippen LogP contribution < -0.4 is 5.32 Å². The third-order valence-electron chi connectivity index (χ3n) is 2.98. The molecule has 0 heterocycles. The summed E-state index contributed by atoms with van der Waals surface area (Å²) in [5.41, 5.74) is -0.436. The summed E-state index contributed by atoms with van der Waals surface area (Å²) in [4.78, 5) is 11.3. The number of carbonyl (C=O) groups excluding carboxylic acids is 1.